The lowest BCUT2D eigenvalue weighted by Gasteiger charge is -2.25. The van der Waals surface area contributed by atoms with E-state index < -0.39 is 0 Å². The van der Waals surface area contributed by atoms with Crippen LogP contribution in [0.4, 0.5) is 17.3 Å². The second-order valence-corrected chi connectivity index (χ2v) is 12.9. The molecule has 0 fully saturated rings. The van der Waals surface area contributed by atoms with E-state index in [4.69, 9.17) is 15.0 Å². The topological polar surface area (TPSA) is 46.8 Å². The molecule has 7 aromatic carbocycles. The van der Waals surface area contributed by atoms with E-state index in [0.29, 0.717) is 5.82 Å². The lowest BCUT2D eigenvalue weighted by atomic mass is 10.0. The first-order chi connectivity index (χ1) is 25.8. The van der Waals surface area contributed by atoms with E-state index in [1.807, 2.05) is 30.3 Å². The van der Waals surface area contributed by atoms with Crippen LogP contribution in [0.3, 0.4) is 0 Å². The van der Waals surface area contributed by atoms with Gasteiger partial charge in [0.15, 0.2) is 5.82 Å². The molecule has 1 aliphatic rings. The summed E-state index contributed by atoms with van der Waals surface area (Å²) < 4.78 is 2.28. The maximum absolute atomic E-state index is 5.27. The first-order valence-electron chi connectivity index (χ1n) is 17.5. The molecule has 0 unspecified atom stereocenters. The monoisotopic (exact) mass is 665 g/mol. The van der Waals surface area contributed by atoms with Gasteiger partial charge in [0.05, 0.1) is 33.8 Å². The van der Waals surface area contributed by atoms with E-state index in [1.165, 1.54) is 11.1 Å². The minimum absolute atomic E-state index is 0.683. The van der Waals surface area contributed by atoms with Crippen molar-refractivity contribution in [1.29, 1.82) is 0 Å². The number of nitrogens with zero attached hydrogens (tertiary/aromatic N) is 5. The average Bonchev–Trinajstić information content (AvgIpc) is 3.55. The Hall–Kier alpha value is -7.11. The molecule has 0 saturated carbocycles. The van der Waals surface area contributed by atoms with Crippen molar-refractivity contribution in [1.82, 2.24) is 19.5 Å². The van der Waals surface area contributed by atoms with Crippen LogP contribution in [0.2, 0.25) is 0 Å². The Bertz CT molecular complexity index is 2730. The van der Waals surface area contributed by atoms with Crippen molar-refractivity contribution >= 4 is 28.4 Å². The average molecular weight is 666 g/mol. The molecule has 5 nitrogen and oxygen atoms in total. The van der Waals surface area contributed by atoms with Crippen LogP contribution in [0.15, 0.2) is 188 Å². The Labute approximate surface area is 301 Å². The minimum Gasteiger partial charge on any atom is -0.280 e. The zero-order chi connectivity index (χ0) is 34.4. The van der Waals surface area contributed by atoms with Gasteiger partial charge in [-0.1, -0.05) is 146 Å². The summed E-state index contributed by atoms with van der Waals surface area (Å²) >= 11 is 0. The number of rotatable bonds is 5. The molecular formula is C47H31N5. The van der Waals surface area contributed by atoms with Gasteiger partial charge in [-0.3, -0.25) is 9.47 Å². The molecule has 9 aromatic rings. The summed E-state index contributed by atoms with van der Waals surface area (Å²) in [6.45, 7) is 0. The fourth-order valence-corrected chi connectivity index (χ4v) is 7.28. The SMILES string of the molecule is c1ccc(-c2ccc(-c3cc(-c4cccc(N5c6ccccc6-c6ccccc6-n6c5nc5ccccc56)c4)nc(-c4ccccc4)n3)cc2)cc1. The van der Waals surface area contributed by atoms with Crippen molar-refractivity contribution in [3.05, 3.63) is 188 Å². The number of hydrogen-bond donors (Lipinski definition) is 0. The van der Waals surface area contributed by atoms with Gasteiger partial charge in [-0.15, -0.1) is 0 Å². The van der Waals surface area contributed by atoms with Gasteiger partial charge in [0.2, 0.25) is 5.95 Å². The molecule has 5 heteroatoms. The Morgan fingerprint density at radius 3 is 1.69 bits per heavy atom. The first kappa shape index (κ1) is 29.8. The summed E-state index contributed by atoms with van der Waals surface area (Å²) in [7, 11) is 0. The van der Waals surface area contributed by atoms with E-state index in [9.17, 15) is 0 Å². The summed E-state index contributed by atoms with van der Waals surface area (Å²) in [4.78, 5) is 17.8. The van der Waals surface area contributed by atoms with E-state index in [-0.39, 0.29) is 0 Å². The van der Waals surface area contributed by atoms with E-state index in [1.54, 1.807) is 0 Å². The third kappa shape index (κ3) is 5.07. The van der Waals surface area contributed by atoms with Crippen LogP contribution < -0.4 is 4.90 Å². The molecule has 0 radical (unpaired) electrons. The molecule has 0 saturated heterocycles. The van der Waals surface area contributed by atoms with Gasteiger partial charge >= 0.3 is 0 Å². The molecule has 3 heterocycles. The summed E-state index contributed by atoms with van der Waals surface area (Å²) in [5.74, 6) is 1.52. The summed E-state index contributed by atoms with van der Waals surface area (Å²) in [6, 6.07) is 65.5. The number of imidazole rings is 1. The molecule has 0 spiro atoms. The highest BCUT2D eigenvalue weighted by Gasteiger charge is 2.29. The van der Waals surface area contributed by atoms with Crippen LogP contribution in [0.25, 0.3) is 72.9 Å². The van der Waals surface area contributed by atoms with E-state index >= 15 is 0 Å². The maximum atomic E-state index is 5.27. The summed E-state index contributed by atoms with van der Waals surface area (Å²) in [6.07, 6.45) is 0. The minimum atomic E-state index is 0.683. The molecule has 0 bridgehead atoms. The fraction of sp³-hybridized carbons (Fsp3) is 0. The van der Waals surface area contributed by atoms with Crippen molar-refractivity contribution in [2.45, 2.75) is 0 Å². The van der Waals surface area contributed by atoms with Crippen molar-refractivity contribution in [3.8, 4) is 61.8 Å². The lowest BCUT2D eigenvalue weighted by Crippen LogP contribution is -2.14. The first-order valence-corrected chi connectivity index (χ1v) is 17.5. The van der Waals surface area contributed by atoms with Gasteiger partial charge < -0.3 is 0 Å². The third-order valence-corrected chi connectivity index (χ3v) is 9.77. The van der Waals surface area contributed by atoms with Crippen molar-refractivity contribution in [3.63, 3.8) is 0 Å². The normalized spacial score (nSPS) is 11.8. The Kier molecular flexibility index (Phi) is 7.07. The molecule has 10 rings (SSSR count). The molecule has 0 amide bonds. The van der Waals surface area contributed by atoms with Crippen molar-refractivity contribution in [2.75, 3.05) is 4.90 Å². The van der Waals surface area contributed by atoms with Crippen LogP contribution >= 0.6 is 0 Å². The quantitative estimate of drug-likeness (QED) is 0.184. The predicted octanol–water partition coefficient (Wildman–Crippen LogP) is 11.9. The molecule has 0 N–H and O–H groups in total. The highest BCUT2D eigenvalue weighted by Crippen LogP contribution is 2.47. The van der Waals surface area contributed by atoms with Gasteiger partial charge in [0.1, 0.15) is 0 Å². The number of anilines is 3. The van der Waals surface area contributed by atoms with Crippen molar-refractivity contribution < 1.29 is 0 Å². The lowest BCUT2D eigenvalue weighted by molar-refractivity contribution is 1.05. The highest BCUT2D eigenvalue weighted by atomic mass is 15.3. The zero-order valence-electron chi connectivity index (χ0n) is 28.1. The van der Waals surface area contributed by atoms with E-state index in [0.717, 1.165) is 73.2 Å². The number of fused-ring (bicyclic) bond motifs is 7. The van der Waals surface area contributed by atoms with Crippen LogP contribution in [0.1, 0.15) is 0 Å². The van der Waals surface area contributed by atoms with Gasteiger partial charge in [0, 0.05) is 33.5 Å². The number of aromatic nitrogens is 4. The number of benzene rings is 7. The van der Waals surface area contributed by atoms with Gasteiger partial charge in [-0.05, 0) is 53.6 Å². The molecule has 52 heavy (non-hydrogen) atoms. The third-order valence-electron chi connectivity index (χ3n) is 9.77. The molecule has 1 aliphatic heterocycles. The molecule has 244 valence electrons. The summed E-state index contributed by atoms with van der Waals surface area (Å²) in [5, 5.41) is 0. The number of para-hydroxylation sites is 4. The zero-order valence-corrected chi connectivity index (χ0v) is 28.1. The smallest absolute Gasteiger partial charge is 0.220 e. The molecule has 2 aromatic heterocycles. The summed E-state index contributed by atoms with van der Waals surface area (Å²) in [5.41, 5.74) is 14.5. The second-order valence-electron chi connectivity index (χ2n) is 12.9. The van der Waals surface area contributed by atoms with Gasteiger partial charge in [-0.25, -0.2) is 15.0 Å². The van der Waals surface area contributed by atoms with Crippen LogP contribution in [0, 0.1) is 0 Å². The second kappa shape index (κ2) is 12.3. The highest BCUT2D eigenvalue weighted by molar-refractivity contribution is 5.96. The fourth-order valence-electron chi connectivity index (χ4n) is 7.28. The molecule has 0 atom stereocenters. The van der Waals surface area contributed by atoms with Crippen LogP contribution in [0.5, 0.6) is 0 Å². The van der Waals surface area contributed by atoms with Crippen LogP contribution in [-0.2, 0) is 0 Å². The standard InChI is InChI=1S/C47H31N5/c1-3-14-32(15-4-1)33-26-28-34(29-27-33)41-31-42(49-46(48-41)35-16-5-2-6-17-35)36-18-13-19-37(30-36)51-43-23-10-7-20-38(43)39-21-8-11-24-44(39)52-45-25-12-9-22-40(45)50-47(51)52/h1-31H. The van der Waals surface area contributed by atoms with Gasteiger partial charge in [0.25, 0.3) is 0 Å². The largest absolute Gasteiger partial charge is 0.280 e. The van der Waals surface area contributed by atoms with E-state index in [2.05, 4.69) is 167 Å². The Morgan fingerprint density at radius 1 is 0.365 bits per heavy atom. The predicted molar refractivity (Wildman–Crippen MR) is 212 cm³/mol. The number of hydrogen-bond acceptors (Lipinski definition) is 4. The molecule has 0 aliphatic carbocycles. The molecular weight excluding hydrogens is 635 g/mol. The maximum Gasteiger partial charge on any atom is 0.220 e. The van der Waals surface area contributed by atoms with Gasteiger partial charge in [-0.2, -0.15) is 0 Å². The Balaban J connectivity index is 1.15. The van der Waals surface area contributed by atoms with Crippen molar-refractivity contribution in [2.24, 2.45) is 0 Å². The Morgan fingerprint density at radius 2 is 0.923 bits per heavy atom. The van der Waals surface area contributed by atoms with Crippen LogP contribution in [-0.4, -0.2) is 19.5 Å².